The van der Waals surface area contributed by atoms with Crippen molar-refractivity contribution in [2.75, 3.05) is 13.6 Å². The average Bonchev–Trinajstić information content (AvgIpc) is 2.40. The van der Waals surface area contributed by atoms with E-state index in [4.69, 9.17) is 11.6 Å². The Morgan fingerprint density at radius 1 is 1.00 bits per heavy atom. The van der Waals surface area contributed by atoms with Gasteiger partial charge in [-0.05, 0) is 36.7 Å². The van der Waals surface area contributed by atoms with E-state index in [1.54, 1.807) is 6.07 Å². The van der Waals surface area contributed by atoms with Gasteiger partial charge in [0, 0.05) is 18.1 Å². The molecule has 0 heterocycles. The second-order valence-electron chi connectivity index (χ2n) is 4.71. The molecule has 100 valence electrons. The molecule has 0 aliphatic carbocycles. The highest BCUT2D eigenvalue weighted by Gasteiger charge is 2.05. The maximum atomic E-state index is 9.72. The molecule has 0 aliphatic heterocycles. The number of halogens is 1. The third-order valence-corrected chi connectivity index (χ3v) is 3.52. The van der Waals surface area contributed by atoms with E-state index in [1.807, 2.05) is 42.5 Å². The Kier molecular flexibility index (Phi) is 4.83. The van der Waals surface area contributed by atoms with Crippen molar-refractivity contribution < 1.29 is 5.11 Å². The Bertz CT molecular complexity index is 542. The minimum atomic E-state index is 0.369. The van der Waals surface area contributed by atoms with Gasteiger partial charge in [0.25, 0.3) is 0 Å². The molecule has 1 N–H and O–H groups in total. The van der Waals surface area contributed by atoms with E-state index in [2.05, 4.69) is 11.9 Å². The van der Waals surface area contributed by atoms with Crippen LogP contribution in [0.25, 0.3) is 0 Å². The van der Waals surface area contributed by atoms with E-state index in [0.29, 0.717) is 5.75 Å². The molecule has 0 aliphatic rings. The topological polar surface area (TPSA) is 23.5 Å². The van der Waals surface area contributed by atoms with E-state index in [-0.39, 0.29) is 0 Å². The van der Waals surface area contributed by atoms with Crippen molar-refractivity contribution in [1.82, 2.24) is 4.90 Å². The molecule has 19 heavy (non-hydrogen) atoms. The predicted molar refractivity (Wildman–Crippen MR) is 79.6 cm³/mol. The van der Waals surface area contributed by atoms with E-state index in [1.165, 1.54) is 0 Å². The summed E-state index contributed by atoms with van der Waals surface area (Å²) in [6, 6.07) is 15.4. The molecule has 2 aromatic rings. The van der Waals surface area contributed by atoms with Gasteiger partial charge in [-0.15, -0.1) is 0 Å². The highest BCUT2D eigenvalue weighted by atomic mass is 35.5. The number of hydrogen-bond donors (Lipinski definition) is 1. The average molecular weight is 276 g/mol. The van der Waals surface area contributed by atoms with Gasteiger partial charge >= 0.3 is 0 Å². The van der Waals surface area contributed by atoms with E-state index in [0.717, 1.165) is 35.7 Å². The first-order valence-corrected chi connectivity index (χ1v) is 6.73. The molecule has 0 bridgehead atoms. The summed E-state index contributed by atoms with van der Waals surface area (Å²) in [4.78, 5) is 2.20. The Morgan fingerprint density at radius 3 is 2.32 bits per heavy atom. The fourth-order valence-corrected chi connectivity index (χ4v) is 2.23. The maximum Gasteiger partial charge on any atom is 0.118 e. The zero-order chi connectivity index (χ0) is 13.7. The smallest absolute Gasteiger partial charge is 0.118 e. The van der Waals surface area contributed by atoms with Gasteiger partial charge in [0.2, 0.25) is 0 Å². The number of phenolic OH excluding ortho intramolecular Hbond substituents is 1. The molecular weight excluding hydrogens is 258 g/mol. The summed E-state index contributed by atoms with van der Waals surface area (Å²) < 4.78 is 0. The normalized spacial score (nSPS) is 10.9. The molecule has 2 rings (SSSR count). The number of hydrogen-bond acceptors (Lipinski definition) is 2. The second kappa shape index (κ2) is 6.60. The third-order valence-electron chi connectivity index (χ3n) is 3.15. The van der Waals surface area contributed by atoms with Crippen LogP contribution in [0.5, 0.6) is 5.75 Å². The van der Waals surface area contributed by atoms with Crippen molar-refractivity contribution in [2.24, 2.45) is 0 Å². The number of benzene rings is 2. The summed E-state index contributed by atoms with van der Waals surface area (Å²) in [7, 11) is 2.06. The maximum absolute atomic E-state index is 9.72. The van der Waals surface area contributed by atoms with Crippen LogP contribution in [0.2, 0.25) is 5.02 Å². The lowest BCUT2D eigenvalue weighted by atomic mass is 10.1. The van der Waals surface area contributed by atoms with Crippen molar-refractivity contribution in [1.29, 1.82) is 0 Å². The van der Waals surface area contributed by atoms with Gasteiger partial charge in [0.1, 0.15) is 5.75 Å². The van der Waals surface area contributed by atoms with Crippen LogP contribution in [-0.2, 0) is 13.0 Å². The summed E-state index contributed by atoms with van der Waals surface area (Å²) in [5.74, 6) is 0.369. The fraction of sp³-hybridized carbons (Fsp3) is 0.250. The van der Waals surface area contributed by atoms with Gasteiger partial charge in [-0.2, -0.15) is 0 Å². The molecule has 0 radical (unpaired) electrons. The Hall–Kier alpha value is -1.51. The molecule has 0 atom stereocenters. The molecular formula is C16H18ClNO. The van der Waals surface area contributed by atoms with Crippen LogP contribution in [0.1, 0.15) is 11.1 Å². The van der Waals surface area contributed by atoms with Crippen molar-refractivity contribution in [2.45, 2.75) is 13.0 Å². The number of rotatable bonds is 5. The minimum Gasteiger partial charge on any atom is -0.508 e. The number of aromatic hydroxyl groups is 1. The highest BCUT2D eigenvalue weighted by molar-refractivity contribution is 6.31. The Morgan fingerprint density at radius 2 is 1.63 bits per heavy atom. The number of nitrogens with zero attached hydrogens (tertiary/aromatic N) is 1. The first-order valence-electron chi connectivity index (χ1n) is 6.35. The van der Waals surface area contributed by atoms with Crippen LogP contribution < -0.4 is 0 Å². The molecule has 3 heteroatoms. The lowest BCUT2D eigenvalue weighted by Crippen LogP contribution is -2.20. The van der Waals surface area contributed by atoms with Gasteiger partial charge in [0.15, 0.2) is 0 Å². The standard InChI is InChI=1S/C16H18ClNO/c1-18(12-14-7-2-4-8-15(14)17)11-10-13-6-3-5-9-16(13)19/h2-9,19H,10-12H2,1H3. The highest BCUT2D eigenvalue weighted by Crippen LogP contribution is 2.18. The van der Waals surface area contributed by atoms with Crippen LogP contribution in [0.4, 0.5) is 0 Å². The number of para-hydroxylation sites is 1. The van der Waals surface area contributed by atoms with Crippen molar-refractivity contribution in [3.05, 3.63) is 64.7 Å². The third kappa shape index (κ3) is 3.98. The monoisotopic (exact) mass is 275 g/mol. The molecule has 0 unspecified atom stereocenters. The van der Waals surface area contributed by atoms with Gasteiger partial charge in [-0.3, -0.25) is 0 Å². The summed E-state index contributed by atoms with van der Waals surface area (Å²) in [6.07, 6.45) is 0.827. The second-order valence-corrected chi connectivity index (χ2v) is 5.12. The lowest BCUT2D eigenvalue weighted by molar-refractivity contribution is 0.329. The molecule has 0 spiro atoms. The molecule has 0 aromatic heterocycles. The zero-order valence-corrected chi connectivity index (χ0v) is 11.8. The molecule has 0 saturated carbocycles. The predicted octanol–water partition coefficient (Wildman–Crippen LogP) is 3.72. The van der Waals surface area contributed by atoms with E-state index in [9.17, 15) is 5.11 Å². The van der Waals surface area contributed by atoms with Crippen molar-refractivity contribution in [3.8, 4) is 5.75 Å². The SMILES string of the molecule is CN(CCc1ccccc1O)Cc1ccccc1Cl. The Balaban J connectivity index is 1.90. The molecule has 2 nitrogen and oxygen atoms in total. The van der Waals surface area contributed by atoms with Crippen molar-refractivity contribution in [3.63, 3.8) is 0 Å². The Labute approximate surface area is 119 Å². The molecule has 0 saturated heterocycles. The summed E-state index contributed by atoms with van der Waals surface area (Å²) in [6.45, 7) is 1.69. The summed E-state index contributed by atoms with van der Waals surface area (Å²) >= 11 is 6.14. The van der Waals surface area contributed by atoms with Crippen LogP contribution >= 0.6 is 11.6 Å². The van der Waals surface area contributed by atoms with Gasteiger partial charge < -0.3 is 10.0 Å². The van der Waals surface area contributed by atoms with Gasteiger partial charge in [-0.25, -0.2) is 0 Å². The first-order chi connectivity index (χ1) is 9.16. The largest absolute Gasteiger partial charge is 0.508 e. The van der Waals surface area contributed by atoms with E-state index < -0.39 is 0 Å². The molecule has 0 fully saturated rings. The van der Waals surface area contributed by atoms with Gasteiger partial charge in [0.05, 0.1) is 0 Å². The molecule has 2 aromatic carbocycles. The van der Waals surface area contributed by atoms with Crippen molar-refractivity contribution >= 4 is 11.6 Å². The number of phenols is 1. The molecule has 0 amide bonds. The van der Waals surface area contributed by atoms with Crippen LogP contribution in [0, 0.1) is 0 Å². The van der Waals surface area contributed by atoms with Crippen LogP contribution in [0.15, 0.2) is 48.5 Å². The van der Waals surface area contributed by atoms with Crippen LogP contribution in [-0.4, -0.2) is 23.6 Å². The first kappa shape index (κ1) is 13.9. The zero-order valence-electron chi connectivity index (χ0n) is 11.0. The lowest BCUT2D eigenvalue weighted by Gasteiger charge is -2.17. The minimum absolute atomic E-state index is 0.369. The fourth-order valence-electron chi connectivity index (χ4n) is 2.03. The number of likely N-dealkylation sites (N-methyl/N-ethyl adjacent to an activating group) is 1. The van der Waals surface area contributed by atoms with Gasteiger partial charge in [-0.1, -0.05) is 48.0 Å². The quantitative estimate of drug-likeness (QED) is 0.899. The van der Waals surface area contributed by atoms with Crippen LogP contribution in [0.3, 0.4) is 0 Å². The van der Waals surface area contributed by atoms with E-state index >= 15 is 0 Å². The summed E-state index contributed by atoms with van der Waals surface area (Å²) in [5.41, 5.74) is 2.11. The summed E-state index contributed by atoms with van der Waals surface area (Å²) in [5, 5.41) is 10.5.